The van der Waals surface area contributed by atoms with Crippen molar-refractivity contribution in [2.24, 2.45) is 0 Å². The van der Waals surface area contributed by atoms with E-state index >= 15 is 0 Å². The van der Waals surface area contributed by atoms with E-state index in [0.717, 1.165) is 0 Å². The largest absolute Gasteiger partial charge is 0.0648 e. The maximum Gasteiger partial charge on any atom is -0.0190 e. The van der Waals surface area contributed by atoms with Crippen molar-refractivity contribution in [3.05, 3.63) is 34.9 Å². The molecule has 1 aromatic carbocycles. The van der Waals surface area contributed by atoms with E-state index in [9.17, 15) is 0 Å². The molecule has 0 aliphatic rings. The van der Waals surface area contributed by atoms with Gasteiger partial charge in [-0.3, -0.25) is 0 Å². The topological polar surface area (TPSA) is 0 Å². The van der Waals surface area contributed by atoms with Gasteiger partial charge in [0.15, 0.2) is 0 Å². The average Bonchev–Trinajstić information content (AvgIpc) is 2.16. The van der Waals surface area contributed by atoms with Crippen LogP contribution in [-0.4, -0.2) is 0 Å². The van der Waals surface area contributed by atoms with Crippen molar-refractivity contribution in [2.45, 2.75) is 52.9 Å². The SMILES string of the molecule is CCC(C)c1cccc(C(C)C)c1C. The van der Waals surface area contributed by atoms with Crippen LogP contribution >= 0.6 is 0 Å². The van der Waals surface area contributed by atoms with E-state index in [2.05, 4.69) is 52.8 Å². The molecule has 0 heteroatoms. The van der Waals surface area contributed by atoms with E-state index in [1.165, 1.54) is 23.1 Å². The fourth-order valence-corrected chi connectivity index (χ4v) is 2.05. The summed E-state index contributed by atoms with van der Waals surface area (Å²) in [4.78, 5) is 0. The first-order valence-corrected chi connectivity index (χ1v) is 5.67. The first-order chi connectivity index (χ1) is 6.57. The number of hydrogen-bond donors (Lipinski definition) is 0. The fourth-order valence-electron chi connectivity index (χ4n) is 2.05. The van der Waals surface area contributed by atoms with Crippen LogP contribution in [0.4, 0.5) is 0 Å². The van der Waals surface area contributed by atoms with Crippen LogP contribution in [0.15, 0.2) is 18.2 Å². The summed E-state index contributed by atoms with van der Waals surface area (Å²) in [6.45, 7) is 11.4. The van der Waals surface area contributed by atoms with Gasteiger partial charge >= 0.3 is 0 Å². The van der Waals surface area contributed by atoms with E-state index < -0.39 is 0 Å². The van der Waals surface area contributed by atoms with Crippen molar-refractivity contribution >= 4 is 0 Å². The molecule has 0 amide bonds. The van der Waals surface area contributed by atoms with Crippen molar-refractivity contribution in [2.75, 3.05) is 0 Å². The van der Waals surface area contributed by atoms with E-state index in [1.54, 1.807) is 0 Å². The van der Waals surface area contributed by atoms with Crippen LogP contribution in [0, 0.1) is 6.92 Å². The minimum Gasteiger partial charge on any atom is -0.0648 e. The first kappa shape index (κ1) is 11.3. The molecular formula is C14H22. The second-order valence-electron chi connectivity index (χ2n) is 4.53. The Kier molecular flexibility index (Phi) is 3.74. The lowest BCUT2D eigenvalue weighted by molar-refractivity contribution is 0.721. The average molecular weight is 190 g/mol. The van der Waals surface area contributed by atoms with Crippen molar-refractivity contribution in [3.8, 4) is 0 Å². The van der Waals surface area contributed by atoms with Crippen molar-refractivity contribution < 1.29 is 0 Å². The molecule has 0 aliphatic heterocycles. The molecular weight excluding hydrogens is 168 g/mol. The summed E-state index contributed by atoms with van der Waals surface area (Å²) in [7, 11) is 0. The molecule has 78 valence electrons. The molecule has 0 aliphatic carbocycles. The number of rotatable bonds is 3. The highest BCUT2D eigenvalue weighted by Crippen LogP contribution is 2.28. The monoisotopic (exact) mass is 190 g/mol. The molecule has 0 radical (unpaired) electrons. The molecule has 1 unspecified atom stereocenters. The predicted molar refractivity (Wildman–Crippen MR) is 64.0 cm³/mol. The predicted octanol–water partition coefficient (Wildman–Crippen LogP) is 4.63. The summed E-state index contributed by atoms with van der Waals surface area (Å²) in [5.74, 6) is 1.33. The Morgan fingerprint density at radius 1 is 1.07 bits per heavy atom. The van der Waals surface area contributed by atoms with Gasteiger partial charge < -0.3 is 0 Å². The minimum absolute atomic E-state index is 0.638. The number of benzene rings is 1. The summed E-state index contributed by atoms with van der Waals surface area (Å²) in [6.07, 6.45) is 1.22. The quantitative estimate of drug-likeness (QED) is 0.651. The third kappa shape index (κ3) is 2.17. The van der Waals surface area contributed by atoms with Crippen LogP contribution in [0.5, 0.6) is 0 Å². The summed E-state index contributed by atoms with van der Waals surface area (Å²) in [5, 5.41) is 0. The van der Waals surface area contributed by atoms with E-state index in [0.29, 0.717) is 11.8 Å². The van der Waals surface area contributed by atoms with E-state index in [1.807, 2.05) is 0 Å². The van der Waals surface area contributed by atoms with Gasteiger partial charge in [-0.15, -0.1) is 0 Å². The highest BCUT2D eigenvalue weighted by atomic mass is 14.2. The molecule has 0 saturated carbocycles. The lowest BCUT2D eigenvalue weighted by atomic mass is 9.88. The molecule has 14 heavy (non-hydrogen) atoms. The Bertz CT molecular complexity index is 297. The smallest absolute Gasteiger partial charge is 0.0190 e. The van der Waals surface area contributed by atoms with Gasteiger partial charge in [-0.1, -0.05) is 45.9 Å². The summed E-state index contributed by atoms with van der Waals surface area (Å²) < 4.78 is 0. The highest BCUT2D eigenvalue weighted by Gasteiger charge is 2.10. The maximum atomic E-state index is 2.31. The van der Waals surface area contributed by atoms with Gasteiger partial charge in [-0.05, 0) is 41.9 Å². The molecule has 0 bridgehead atoms. The Balaban J connectivity index is 3.13. The van der Waals surface area contributed by atoms with Crippen LogP contribution in [0.1, 0.15) is 62.6 Å². The van der Waals surface area contributed by atoms with Crippen LogP contribution in [0.25, 0.3) is 0 Å². The van der Waals surface area contributed by atoms with Gasteiger partial charge in [-0.25, -0.2) is 0 Å². The van der Waals surface area contributed by atoms with Gasteiger partial charge in [0.05, 0.1) is 0 Å². The molecule has 0 aromatic heterocycles. The van der Waals surface area contributed by atoms with Crippen LogP contribution < -0.4 is 0 Å². The molecule has 0 nitrogen and oxygen atoms in total. The molecule has 1 rings (SSSR count). The zero-order chi connectivity index (χ0) is 10.7. The lowest BCUT2D eigenvalue weighted by Crippen LogP contribution is -2.00. The Morgan fingerprint density at radius 3 is 2.14 bits per heavy atom. The summed E-state index contributed by atoms with van der Waals surface area (Å²) in [5.41, 5.74) is 4.53. The normalized spacial score (nSPS) is 13.3. The fraction of sp³-hybridized carbons (Fsp3) is 0.571. The van der Waals surface area contributed by atoms with Gasteiger partial charge in [0.2, 0.25) is 0 Å². The zero-order valence-electron chi connectivity index (χ0n) is 10.1. The van der Waals surface area contributed by atoms with Gasteiger partial charge in [-0.2, -0.15) is 0 Å². The van der Waals surface area contributed by atoms with E-state index in [-0.39, 0.29) is 0 Å². The van der Waals surface area contributed by atoms with Crippen LogP contribution in [0.3, 0.4) is 0 Å². The van der Waals surface area contributed by atoms with Crippen LogP contribution in [-0.2, 0) is 0 Å². The van der Waals surface area contributed by atoms with E-state index in [4.69, 9.17) is 0 Å². The minimum atomic E-state index is 0.638. The molecule has 1 atom stereocenters. The Labute approximate surface area is 88.4 Å². The highest BCUT2D eigenvalue weighted by molar-refractivity contribution is 5.37. The molecule has 0 fully saturated rings. The summed E-state index contributed by atoms with van der Waals surface area (Å²) in [6, 6.07) is 6.73. The van der Waals surface area contributed by atoms with Gasteiger partial charge in [0, 0.05) is 0 Å². The Hall–Kier alpha value is -0.780. The maximum absolute atomic E-state index is 2.31. The second kappa shape index (κ2) is 4.63. The molecule has 1 aromatic rings. The number of hydrogen-bond acceptors (Lipinski definition) is 0. The van der Waals surface area contributed by atoms with Crippen molar-refractivity contribution in [1.29, 1.82) is 0 Å². The third-order valence-corrected chi connectivity index (χ3v) is 3.18. The molecule has 0 spiro atoms. The van der Waals surface area contributed by atoms with Gasteiger partial charge in [0.1, 0.15) is 0 Å². The summed E-state index contributed by atoms with van der Waals surface area (Å²) >= 11 is 0. The molecule has 0 N–H and O–H groups in total. The Morgan fingerprint density at radius 2 is 1.64 bits per heavy atom. The van der Waals surface area contributed by atoms with Crippen molar-refractivity contribution in [1.82, 2.24) is 0 Å². The first-order valence-electron chi connectivity index (χ1n) is 5.67. The molecule has 0 saturated heterocycles. The molecule has 0 heterocycles. The van der Waals surface area contributed by atoms with Crippen LogP contribution in [0.2, 0.25) is 0 Å². The third-order valence-electron chi connectivity index (χ3n) is 3.18. The van der Waals surface area contributed by atoms with Gasteiger partial charge in [0.25, 0.3) is 0 Å². The van der Waals surface area contributed by atoms with Crippen molar-refractivity contribution in [3.63, 3.8) is 0 Å². The second-order valence-corrected chi connectivity index (χ2v) is 4.53. The standard InChI is InChI=1S/C14H22/c1-6-11(4)14-9-7-8-13(10(2)3)12(14)5/h7-11H,6H2,1-5H3. The zero-order valence-corrected chi connectivity index (χ0v) is 10.1. The lowest BCUT2D eigenvalue weighted by Gasteiger charge is -2.17.